The van der Waals surface area contributed by atoms with Crippen molar-refractivity contribution in [3.8, 4) is 0 Å². The third-order valence-corrected chi connectivity index (χ3v) is 4.71. The molecule has 19 heavy (non-hydrogen) atoms. The van der Waals surface area contributed by atoms with Gasteiger partial charge in [0.15, 0.2) is 0 Å². The van der Waals surface area contributed by atoms with Crippen LogP contribution in [0.1, 0.15) is 69.6 Å². The maximum absolute atomic E-state index is 9.60. The highest BCUT2D eigenvalue weighted by atomic mass is 16.5. The van der Waals surface area contributed by atoms with Crippen LogP contribution in [0.5, 0.6) is 0 Å². The monoisotopic (exact) mass is 264 g/mol. The van der Waals surface area contributed by atoms with Gasteiger partial charge in [0.25, 0.3) is 0 Å². The molecule has 1 aromatic rings. The first-order valence-corrected chi connectivity index (χ1v) is 7.55. The molecule has 2 fully saturated rings. The quantitative estimate of drug-likeness (QED) is 0.893. The predicted molar refractivity (Wildman–Crippen MR) is 72.9 cm³/mol. The minimum Gasteiger partial charge on any atom is -0.389 e. The summed E-state index contributed by atoms with van der Waals surface area (Å²) < 4.78 is 8.16. The molecule has 2 unspecified atom stereocenters. The zero-order valence-corrected chi connectivity index (χ0v) is 11.7. The van der Waals surface area contributed by atoms with Crippen LogP contribution in [0, 0.1) is 0 Å². The van der Waals surface area contributed by atoms with E-state index in [0.717, 1.165) is 25.0 Å². The Morgan fingerprint density at radius 2 is 2.21 bits per heavy atom. The van der Waals surface area contributed by atoms with Crippen molar-refractivity contribution in [3.63, 3.8) is 0 Å². The van der Waals surface area contributed by atoms with Crippen molar-refractivity contribution in [1.82, 2.24) is 9.78 Å². The van der Waals surface area contributed by atoms with E-state index in [9.17, 15) is 5.11 Å². The maximum atomic E-state index is 9.60. The Labute approximate surface area is 114 Å². The largest absolute Gasteiger partial charge is 0.389 e. The molecule has 0 radical (unpaired) electrons. The summed E-state index contributed by atoms with van der Waals surface area (Å²) in [5.74, 6) is 0. The zero-order valence-electron chi connectivity index (χ0n) is 11.7. The Balaban J connectivity index is 1.73. The van der Waals surface area contributed by atoms with Gasteiger partial charge in [-0.15, -0.1) is 0 Å². The van der Waals surface area contributed by atoms with Gasteiger partial charge >= 0.3 is 0 Å². The fourth-order valence-corrected chi connectivity index (χ4v) is 3.54. The SMILES string of the molecule is CC(O)c1cnn(C2CCOC3(CCCCC3)C2)c1. The lowest BCUT2D eigenvalue weighted by atomic mass is 9.78. The van der Waals surface area contributed by atoms with Crippen LogP contribution in [0.15, 0.2) is 12.4 Å². The summed E-state index contributed by atoms with van der Waals surface area (Å²) in [5.41, 5.74) is 1.02. The zero-order chi connectivity index (χ0) is 13.3. The highest BCUT2D eigenvalue weighted by Crippen LogP contribution is 2.42. The van der Waals surface area contributed by atoms with Crippen LogP contribution in [0.25, 0.3) is 0 Å². The highest BCUT2D eigenvalue weighted by Gasteiger charge is 2.39. The molecule has 1 aliphatic heterocycles. The van der Waals surface area contributed by atoms with E-state index in [0.29, 0.717) is 6.04 Å². The summed E-state index contributed by atoms with van der Waals surface area (Å²) in [5, 5.41) is 14.0. The molecule has 1 saturated carbocycles. The first-order chi connectivity index (χ1) is 9.19. The fraction of sp³-hybridized carbons (Fsp3) is 0.800. The van der Waals surface area contributed by atoms with Crippen LogP contribution in [0.2, 0.25) is 0 Å². The van der Waals surface area contributed by atoms with Gasteiger partial charge in [-0.3, -0.25) is 4.68 Å². The lowest BCUT2D eigenvalue weighted by molar-refractivity contribution is -0.115. The first-order valence-electron chi connectivity index (χ1n) is 7.55. The Morgan fingerprint density at radius 1 is 1.42 bits per heavy atom. The number of ether oxygens (including phenoxy) is 1. The van der Waals surface area contributed by atoms with Crippen molar-refractivity contribution in [2.75, 3.05) is 6.61 Å². The number of aliphatic hydroxyl groups excluding tert-OH is 1. The molecular formula is C15H24N2O2. The maximum Gasteiger partial charge on any atom is 0.0792 e. The summed E-state index contributed by atoms with van der Waals surface area (Å²) in [6.45, 7) is 2.63. The first kappa shape index (κ1) is 13.1. The second-order valence-corrected chi connectivity index (χ2v) is 6.17. The summed E-state index contributed by atoms with van der Waals surface area (Å²) in [4.78, 5) is 0. The average Bonchev–Trinajstić information content (AvgIpc) is 2.89. The van der Waals surface area contributed by atoms with Gasteiger partial charge in [0.05, 0.1) is 23.9 Å². The van der Waals surface area contributed by atoms with E-state index in [1.165, 1.54) is 32.1 Å². The molecule has 106 valence electrons. The van der Waals surface area contributed by atoms with Gasteiger partial charge in [-0.25, -0.2) is 0 Å². The number of rotatable bonds is 2. The topological polar surface area (TPSA) is 47.3 Å². The molecule has 1 N–H and O–H groups in total. The lowest BCUT2D eigenvalue weighted by Gasteiger charge is -2.43. The second-order valence-electron chi connectivity index (χ2n) is 6.17. The van der Waals surface area contributed by atoms with E-state index >= 15 is 0 Å². The molecule has 1 spiro atoms. The van der Waals surface area contributed by atoms with E-state index in [2.05, 4.69) is 5.10 Å². The summed E-state index contributed by atoms with van der Waals surface area (Å²) in [7, 11) is 0. The van der Waals surface area contributed by atoms with Crippen molar-refractivity contribution in [2.24, 2.45) is 0 Å². The van der Waals surface area contributed by atoms with Crippen LogP contribution < -0.4 is 0 Å². The minimum atomic E-state index is -0.433. The van der Waals surface area contributed by atoms with Gasteiger partial charge in [0, 0.05) is 18.4 Å². The Bertz CT molecular complexity index is 416. The van der Waals surface area contributed by atoms with E-state index in [1.54, 1.807) is 13.1 Å². The van der Waals surface area contributed by atoms with Crippen molar-refractivity contribution < 1.29 is 9.84 Å². The molecule has 2 heterocycles. The van der Waals surface area contributed by atoms with Crippen LogP contribution >= 0.6 is 0 Å². The van der Waals surface area contributed by atoms with Gasteiger partial charge in [-0.1, -0.05) is 19.3 Å². The molecule has 1 aliphatic carbocycles. The van der Waals surface area contributed by atoms with Gasteiger partial charge in [-0.05, 0) is 32.6 Å². The van der Waals surface area contributed by atoms with E-state index in [1.807, 2.05) is 10.9 Å². The molecule has 0 bridgehead atoms. The van der Waals surface area contributed by atoms with Crippen molar-refractivity contribution in [1.29, 1.82) is 0 Å². The molecule has 2 atom stereocenters. The van der Waals surface area contributed by atoms with Gasteiger partial charge in [-0.2, -0.15) is 5.10 Å². The average molecular weight is 264 g/mol. The lowest BCUT2D eigenvalue weighted by Crippen LogP contribution is -2.42. The number of hydrogen-bond acceptors (Lipinski definition) is 3. The number of aliphatic hydroxyl groups is 1. The van der Waals surface area contributed by atoms with Gasteiger partial charge < -0.3 is 9.84 Å². The normalized spacial score (nSPS) is 28.4. The summed E-state index contributed by atoms with van der Waals surface area (Å²) in [6.07, 6.45) is 11.8. The summed E-state index contributed by atoms with van der Waals surface area (Å²) >= 11 is 0. The summed E-state index contributed by atoms with van der Waals surface area (Å²) in [6, 6.07) is 0.430. The molecular weight excluding hydrogens is 240 g/mol. The second kappa shape index (κ2) is 5.25. The molecule has 4 nitrogen and oxygen atoms in total. The van der Waals surface area contributed by atoms with Crippen LogP contribution in [0.3, 0.4) is 0 Å². The standard InChI is InChI=1S/C15H24N2O2/c1-12(18)13-10-16-17(11-13)14-5-8-19-15(9-14)6-3-2-4-7-15/h10-12,14,18H,2-9H2,1H3. The number of aromatic nitrogens is 2. The Morgan fingerprint density at radius 3 is 2.89 bits per heavy atom. The van der Waals surface area contributed by atoms with Crippen LogP contribution in [0.4, 0.5) is 0 Å². The minimum absolute atomic E-state index is 0.109. The van der Waals surface area contributed by atoms with E-state index in [-0.39, 0.29) is 5.60 Å². The smallest absolute Gasteiger partial charge is 0.0792 e. The molecule has 0 aromatic carbocycles. The molecule has 1 saturated heterocycles. The van der Waals surface area contributed by atoms with Crippen molar-refractivity contribution in [3.05, 3.63) is 18.0 Å². The highest BCUT2D eigenvalue weighted by molar-refractivity contribution is 5.07. The molecule has 3 rings (SSSR count). The van der Waals surface area contributed by atoms with Crippen LogP contribution in [-0.4, -0.2) is 27.1 Å². The van der Waals surface area contributed by atoms with Gasteiger partial charge in [0.2, 0.25) is 0 Å². The number of nitrogens with zero attached hydrogens (tertiary/aromatic N) is 2. The molecule has 1 aromatic heterocycles. The molecule has 0 amide bonds. The van der Waals surface area contributed by atoms with Gasteiger partial charge in [0.1, 0.15) is 0 Å². The third-order valence-electron chi connectivity index (χ3n) is 4.71. The Kier molecular flexibility index (Phi) is 3.63. The Hall–Kier alpha value is -0.870. The van der Waals surface area contributed by atoms with Crippen LogP contribution in [-0.2, 0) is 4.74 Å². The predicted octanol–water partition coefficient (Wildman–Crippen LogP) is 2.99. The van der Waals surface area contributed by atoms with Crippen molar-refractivity contribution >= 4 is 0 Å². The van der Waals surface area contributed by atoms with E-state index < -0.39 is 6.10 Å². The van der Waals surface area contributed by atoms with Crippen molar-refractivity contribution in [2.45, 2.75) is 69.6 Å². The van der Waals surface area contributed by atoms with E-state index in [4.69, 9.17) is 4.74 Å². The number of hydrogen-bond donors (Lipinski definition) is 1. The molecule has 4 heteroatoms. The fourth-order valence-electron chi connectivity index (χ4n) is 3.54. The third kappa shape index (κ3) is 2.70. The molecule has 2 aliphatic rings.